The Bertz CT molecular complexity index is 429. The summed E-state index contributed by atoms with van der Waals surface area (Å²) in [6.45, 7) is 5.49. The number of nitrogens with one attached hydrogen (secondary N) is 1. The number of likely N-dealkylation sites (N-methyl/N-ethyl adjacent to an activating group) is 1. The molecule has 0 aliphatic carbocycles. The fourth-order valence-electron chi connectivity index (χ4n) is 2.17. The Morgan fingerprint density at radius 1 is 1.33 bits per heavy atom. The SMILES string of the molecule is CCCNC(CCN(C)C(C)CO)c1cccc(F)c1F. The second-order valence-corrected chi connectivity index (χ2v) is 5.45. The first-order valence-electron chi connectivity index (χ1n) is 7.49. The molecule has 0 amide bonds. The molecule has 0 fully saturated rings. The van der Waals surface area contributed by atoms with Crippen LogP contribution in [0.25, 0.3) is 0 Å². The fraction of sp³-hybridized carbons (Fsp3) is 0.625. The quantitative estimate of drug-likeness (QED) is 0.736. The van der Waals surface area contributed by atoms with Crippen LogP contribution in [0.15, 0.2) is 18.2 Å². The molecule has 0 aliphatic rings. The standard InChI is InChI=1S/C16H26F2N2O/c1-4-9-19-15(8-10-20(3)12(2)11-21)13-6-5-7-14(17)16(13)18/h5-7,12,15,19,21H,4,8-11H2,1-3H3. The van der Waals surface area contributed by atoms with Gasteiger partial charge in [0.2, 0.25) is 0 Å². The van der Waals surface area contributed by atoms with E-state index in [2.05, 4.69) is 5.32 Å². The number of benzene rings is 1. The van der Waals surface area contributed by atoms with Gasteiger partial charge in [0, 0.05) is 24.2 Å². The zero-order chi connectivity index (χ0) is 15.8. The molecule has 5 heteroatoms. The summed E-state index contributed by atoms with van der Waals surface area (Å²) in [4.78, 5) is 2.01. The molecule has 1 rings (SSSR count). The molecule has 0 saturated heterocycles. The highest BCUT2D eigenvalue weighted by molar-refractivity contribution is 5.22. The molecule has 0 heterocycles. The molecule has 0 bridgehead atoms. The highest BCUT2D eigenvalue weighted by atomic mass is 19.2. The van der Waals surface area contributed by atoms with Crippen molar-refractivity contribution in [3.63, 3.8) is 0 Å². The van der Waals surface area contributed by atoms with Crippen LogP contribution in [0, 0.1) is 11.6 Å². The van der Waals surface area contributed by atoms with Crippen molar-refractivity contribution < 1.29 is 13.9 Å². The maximum Gasteiger partial charge on any atom is 0.163 e. The fourth-order valence-corrected chi connectivity index (χ4v) is 2.17. The lowest BCUT2D eigenvalue weighted by molar-refractivity contribution is 0.154. The Kier molecular flexibility index (Phi) is 7.78. The van der Waals surface area contributed by atoms with Crippen molar-refractivity contribution in [3.8, 4) is 0 Å². The van der Waals surface area contributed by atoms with Gasteiger partial charge in [-0.25, -0.2) is 8.78 Å². The first-order chi connectivity index (χ1) is 10.0. The van der Waals surface area contributed by atoms with E-state index in [0.717, 1.165) is 19.0 Å². The number of hydrogen-bond acceptors (Lipinski definition) is 3. The molecular formula is C16H26F2N2O. The number of halogens is 2. The lowest BCUT2D eigenvalue weighted by Crippen LogP contribution is -2.35. The largest absolute Gasteiger partial charge is 0.395 e. The summed E-state index contributed by atoms with van der Waals surface area (Å²) in [6.07, 6.45) is 1.58. The Labute approximate surface area is 126 Å². The van der Waals surface area contributed by atoms with Gasteiger partial charge in [0.05, 0.1) is 6.61 Å². The summed E-state index contributed by atoms with van der Waals surface area (Å²) in [5.74, 6) is -1.59. The summed E-state index contributed by atoms with van der Waals surface area (Å²) >= 11 is 0. The Morgan fingerprint density at radius 3 is 2.67 bits per heavy atom. The summed E-state index contributed by atoms with van der Waals surface area (Å²) < 4.78 is 27.4. The third-order valence-corrected chi connectivity index (χ3v) is 3.78. The van der Waals surface area contributed by atoms with E-state index in [1.807, 2.05) is 25.8 Å². The van der Waals surface area contributed by atoms with E-state index in [-0.39, 0.29) is 18.7 Å². The summed E-state index contributed by atoms with van der Waals surface area (Å²) in [7, 11) is 1.92. The normalized spacial score (nSPS) is 14.4. The first kappa shape index (κ1) is 18.0. The molecule has 21 heavy (non-hydrogen) atoms. The highest BCUT2D eigenvalue weighted by Crippen LogP contribution is 2.22. The van der Waals surface area contributed by atoms with Crippen molar-refractivity contribution in [1.29, 1.82) is 0 Å². The lowest BCUT2D eigenvalue weighted by atomic mass is 10.0. The van der Waals surface area contributed by atoms with E-state index < -0.39 is 11.6 Å². The van der Waals surface area contributed by atoms with E-state index in [0.29, 0.717) is 18.5 Å². The van der Waals surface area contributed by atoms with Crippen molar-refractivity contribution in [1.82, 2.24) is 10.2 Å². The molecule has 2 unspecified atom stereocenters. The number of rotatable bonds is 9. The van der Waals surface area contributed by atoms with Crippen molar-refractivity contribution in [2.45, 2.75) is 38.8 Å². The van der Waals surface area contributed by atoms with E-state index in [1.165, 1.54) is 6.07 Å². The molecule has 0 saturated carbocycles. The monoisotopic (exact) mass is 300 g/mol. The van der Waals surface area contributed by atoms with E-state index in [1.54, 1.807) is 6.07 Å². The molecule has 2 atom stereocenters. The van der Waals surface area contributed by atoms with Crippen molar-refractivity contribution in [2.24, 2.45) is 0 Å². The van der Waals surface area contributed by atoms with Gasteiger partial charge in [-0.15, -0.1) is 0 Å². The van der Waals surface area contributed by atoms with Crippen LogP contribution in [0.1, 0.15) is 38.3 Å². The van der Waals surface area contributed by atoms with E-state index in [9.17, 15) is 8.78 Å². The number of nitrogens with zero attached hydrogens (tertiary/aromatic N) is 1. The molecule has 2 N–H and O–H groups in total. The van der Waals surface area contributed by atoms with Crippen LogP contribution in [0.2, 0.25) is 0 Å². The molecule has 120 valence electrons. The van der Waals surface area contributed by atoms with Crippen molar-refractivity contribution >= 4 is 0 Å². The lowest BCUT2D eigenvalue weighted by Gasteiger charge is -2.26. The van der Waals surface area contributed by atoms with Gasteiger partial charge in [-0.3, -0.25) is 0 Å². The van der Waals surface area contributed by atoms with Crippen molar-refractivity contribution in [3.05, 3.63) is 35.4 Å². The minimum atomic E-state index is -0.812. The number of aliphatic hydroxyl groups excluding tert-OH is 1. The van der Waals surface area contributed by atoms with Crippen LogP contribution in [-0.4, -0.2) is 42.8 Å². The van der Waals surface area contributed by atoms with Gasteiger partial charge < -0.3 is 15.3 Å². The van der Waals surface area contributed by atoms with Gasteiger partial charge in [-0.05, 0) is 39.4 Å². The van der Waals surface area contributed by atoms with Gasteiger partial charge in [-0.1, -0.05) is 19.1 Å². The average molecular weight is 300 g/mol. The van der Waals surface area contributed by atoms with Gasteiger partial charge >= 0.3 is 0 Å². The van der Waals surface area contributed by atoms with Gasteiger partial charge in [0.25, 0.3) is 0 Å². The molecule has 3 nitrogen and oxygen atoms in total. The Hall–Kier alpha value is -1.04. The smallest absolute Gasteiger partial charge is 0.163 e. The van der Waals surface area contributed by atoms with Crippen LogP contribution in [0.3, 0.4) is 0 Å². The summed E-state index contributed by atoms with van der Waals surface area (Å²) in [5.41, 5.74) is 0.369. The third-order valence-electron chi connectivity index (χ3n) is 3.78. The van der Waals surface area contributed by atoms with E-state index >= 15 is 0 Å². The molecule has 1 aromatic carbocycles. The second kappa shape index (κ2) is 9.07. The molecule has 0 aliphatic heterocycles. The predicted molar refractivity (Wildman–Crippen MR) is 81.2 cm³/mol. The number of hydrogen-bond donors (Lipinski definition) is 2. The molecular weight excluding hydrogens is 274 g/mol. The van der Waals surface area contributed by atoms with Crippen LogP contribution >= 0.6 is 0 Å². The van der Waals surface area contributed by atoms with Gasteiger partial charge in [0.15, 0.2) is 11.6 Å². The first-order valence-corrected chi connectivity index (χ1v) is 7.49. The summed E-state index contributed by atoms with van der Waals surface area (Å²) in [5, 5.41) is 12.4. The van der Waals surface area contributed by atoms with Gasteiger partial charge in [-0.2, -0.15) is 0 Å². The Balaban J connectivity index is 2.78. The van der Waals surface area contributed by atoms with Gasteiger partial charge in [0.1, 0.15) is 0 Å². The number of aliphatic hydroxyl groups is 1. The summed E-state index contributed by atoms with van der Waals surface area (Å²) in [6, 6.07) is 4.12. The molecule has 0 aromatic heterocycles. The molecule has 1 aromatic rings. The Morgan fingerprint density at radius 2 is 2.05 bits per heavy atom. The minimum Gasteiger partial charge on any atom is -0.395 e. The molecule has 0 radical (unpaired) electrons. The van der Waals surface area contributed by atoms with Crippen LogP contribution in [-0.2, 0) is 0 Å². The van der Waals surface area contributed by atoms with Crippen molar-refractivity contribution in [2.75, 3.05) is 26.7 Å². The van der Waals surface area contributed by atoms with Crippen LogP contribution < -0.4 is 5.32 Å². The van der Waals surface area contributed by atoms with E-state index in [4.69, 9.17) is 5.11 Å². The zero-order valence-electron chi connectivity index (χ0n) is 13.1. The zero-order valence-corrected chi connectivity index (χ0v) is 13.1. The predicted octanol–water partition coefficient (Wildman–Crippen LogP) is 2.71. The van der Waals surface area contributed by atoms with Crippen LogP contribution in [0.5, 0.6) is 0 Å². The average Bonchev–Trinajstić information content (AvgIpc) is 2.49. The minimum absolute atomic E-state index is 0.0502. The topological polar surface area (TPSA) is 35.5 Å². The molecule has 0 spiro atoms. The second-order valence-electron chi connectivity index (χ2n) is 5.45. The third kappa shape index (κ3) is 5.34. The van der Waals surface area contributed by atoms with Crippen LogP contribution in [0.4, 0.5) is 8.78 Å². The maximum atomic E-state index is 14.0. The highest BCUT2D eigenvalue weighted by Gasteiger charge is 2.19. The maximum absolute atomic E-state index is 14.0.